The number of nitrogens with zero attached hydrogens (tertiary/aromatic N) is 2. The summed E-state index contributed by atoms with van der Waals surface area (Å²) in [6.07, 6.45) is 2.77. The van der Waals surface area contributed by atoms with Crippen LogP contribution in [0.25, 0.3) is 0 Å². The fourth-order valence-electron chi connectivity index (χ4n) is 3.21. The Morgan fingerprint density at radius 2 is 2.23 bits per heavy atom. The first kappa shape index (κ1) is 15.0. The summed E-state index contributed by atoms with van der Waals surface area (Å²) >= 11 is 0. The largest absolute Gasteiger partial charge is 0.387 e. The van der Waals surface area contributed by atoms with Gasteiger partial charge in [-0.05, 0) is 31.5 Å². The number of carbonyl (C=O) groups excluding carboxylic acids is 1. The first-order valence-corrected chi connectivity index (χ1v) is 8.07. The molecule has 2 atom stereocenters. The summed E-state index contributed by atoms with van der Waals surface area (Å²) in [6, 6.07) is 10.4. The molecule has 2 unspecified atom stereocenters. The zero-order valence-electron chi connectivity index (χ0n) is 13.0. The maximum Gasteiger partial charge on any atom is 0.269 e. The van der Waals surface area contributed by atoms with Crippen molar-refractivity contribution in [3.63, 3.8) is 0 Å². The molecule has 0 saturated carbocycles. The van der Waals surface area contributed by atoms with Gasteiger partial charge in [-0.15, -0.1) is 0 Å². The highest BCUT2D eigenvalue weighted by atomic mass is 16.6. The van der Waals surface area contributed by atoms with Crippen LogP contribution in [-0.4, -0.2) is 42.2 Å². The van der Waals surface area contributed by atoms with E-state index in [9.17, 15) is 4.79 Å². The van der Waals surface area contributed by atoms with E-state index in [-0.39, 0.29) is 12.0 Å². The molecule has 0 bridgehead atoms. The Kier molecular flexibility index (Phi) is 4.73. The quantitative estimate of drug-likeness (QED) is 0.906. The summed E-state index contributed by atoms with van der Waals surface area (Å²) in [5.41, 5.74) is 1.55. The Morgan fingerprint density at radius 1 is 1.41 bits per heavy atom. The molecule has 1 fully saturated rings. The number of oxime groups is 1. The van der Waals surface area contributed by atoms with Crippen LogP contribution in [0.3, 0.4) is 0 Å². The standard InChI is InChI=1S/C17H23N3O2/c1-2-20-10-6-9-14(20)12-18-17(21)15-11-16(22-19-15)13-7-4-3-5-8-13/h3-5,7-8,14,16H,2,6,9-12H2,1H3,(H,18,21). The number of nitrogens with one attached hydrogen (secondary N) is 1. The second-order valence-electron chi connectivity index (χ2n) is 5.88. The molecule has 2 aliphatic heterocycles. The van der Waals surface area contributed by atoms with Gasteiger partial charge in [0.05, 0.1) is 0 Å². The van der Waals surface area contributed by atoms with Crippen molar-refractivity contribution in [1.82, 2.24) is 10.2 Å². The first-order chi connectivity index (χ1) is 10.8. The van der Waals surface area contributed by atoms with E-state index >= 15 is 0 Å². The molecule has 5 nitrogen and oxygen atoms in total. The number of amides is 1. The van der Waals surface area contributed by atoms with Gasteiger partial charge in [0, 0.05) is 19.0 Å². The van der Waals surface area contributed by atoms with Crippen LogP contribution in [0, 0.1) is 0 Å². The Hall–Kier alpha value is -1.88. The number of carbonyl (C=O) groups is 1. The molecule has 0 radical (unpaired) electrons. The normalized spacial score (nSPS) is 24.9. The number of benzene rings is 1. The zero-order chi connectivity index (χ0) is 15.4. The summed E-state index contributed by atoms with van der Waals surface area (Å²) in [5, 5.41) is 6.98. The second kappa shape index (κ2) is 6.92. The summed E-state index contributed by atoms with van der Waals surface area (Å²) in [7, 11) is 0. The van der Waals surface area contributed by atoms with E-state index in [2.05, 4.69) is 22.3 Å². The molecule has 1 N–H and O–H groups in total. The van der Waals surface area contributed by atoms with Crippen LogP contribution in [0.2, 0.25) is 0 Å². The summed E-state index contributed by atoms with van der Waals surface area (Å²) in [5.74, 6) is -0.0959. The van der Waals surface area contributed by atoms with Crippen molar-refractivity contribution < 1.29 is 9.63 Å². The highest BCUT2D eigenvalue weighted by Crippen LogP contribution is 2.26. The summed E-state index contributed by atoms with van der Waals surface area (Å²) < 4.78 is 0. The van der Waals surface area contributed by atoms with E-state index < -0.39 is 0 Å². The molecule has 0 spiro atoms. The molecule has 22 heavy (non-hydrogen) atoms. The molecule has 1 aromatic rings. The van der Waals surface area contributed by atoms with Gasteiger partial charge in [0.1, 0.15) is 5.71 Å². The second-order valence-corrected chi connectivity index (χ2v) is 5.88. The lowest BCUT2D eigenvalue weighted by molar-refractivity contribution is -0.115. The predicted molar refractivity (Wildman–Crippen MR) is 85.6 cm³/mol. The van der Waals surface area contributed by atoms with E-state index in [4.69, 9.17) is 4.84 Å². The molecule has 0 aromatic heterocycles. The van der Waals surface area contributed by atoms with Gasteiger partial charge in [-0.2, -0.15) is 0 Å². The number of likely N-dealkylation sites (N-methyl/N-ethyl adjacent to an activating group) is 1. The van der Waals surface area contributed by atoms with Gasteiger partial charge in [-0.25, -0.2) is 0 Å². The Labute approximate surface area is 131 Å². The molecular weight excluding hydrogens is 278 g/mol. The van der Waals surface area contributed by atoms with Crippen LogP contribution in [0.15, 0.2) is 35.5 Å². The van der Waals surface area contributed by atoms with Crippen molar-refractivity contribution in [1.29, 1.82) is 0 Å². The minimum absolute atomic E-state index is 0.0959. The van der Waals surface area contributed by atoms with Crippen LogP contribution in [0.5, 0.6) is 0 Å². The molecule has 5 heteroatoms. The Balaban J connectivity index is 1.49. The molecule has 0 aliphatic carbocycles. The minimum atomic E-state index is -0.138. The lowest BCUT2D eigenvalue weighted by Crippen LogP contribution is -2.42. The van der Waals surface area contributed by atoms with E-state index in [1.807, 2.05) is 30.3 Å². The van der Waals surface area contributed by atoms with E-state index in [1.54, 1.807) is 0 Å². The van der Waals surface area contributed by atoms with Gasteiger partial charge in [0.25, 0.3) is 5.91 Å². The van der Waals surface area contributed by atoms with Crippen molar-refractivity contribution in [3.05, 3.63) is 35.9 Å². The monoisotopic (exact) mass is 301 g/mol. The molecule has 1 amide bonds. The fourth-order valence-corrected chi connectivity index (χ4v) is 3.21. The van der Waals surface area contributed by atoms with Gasteiger partial charge in [0.2, 0.25) is 0 Å². The number of hydrogen-bond donors (Lipinski definition) is 1. The van der Waals surface area contributed by atoms with Crippen molar-refractivity contribution in [2.24, 2.45) is 5.16 Å². The van der Waals surface area contributed by atoms with Crippen molar-refractivity contribution in [2.75, 3.05) is 19.6 Å². The van der Waals surface area contributed by atoms with Gasteiger partial charge in [0.15, 0.2) is 6.10 Å². The minimum Gasteiger partial charge on any atom is -0.387 e. The Morgan fingerprint density at radius 3 is 3.00 bits per heavy atom. The van der Waals surface area contributed by atoms with Gasteiger partial charge >= 0.3 is 0 Å². The molecule has 3 rings (SSSR count). The third-order valence-corrected chi connectivity index (χ3v) is 4.51. The first-order valence-electron chi connectivity index (χ1n) is 8.07. The van der Waals surface area contributed by atoms with Gasteiger partial charge in [-0.3, -0.25) is 9.69 Å². The van der Waals surface area contributed by atoms with E-state index in [1.165, 1.54) is 6.42 Å². The number of hydrogen-bond acceptors (Lipinski definition) is 4. The third-order valence-electron chi connectivity index (χ3n) is 4.51. The lowest BCUT2D eigenvalue weighted by atomic mass is 10.0. The summed E-state index contributed by atoms with van der Waals surface area (Å²) in [6.45, 7) is 5.04. The topological polar surface area (TPSA) is 53.9 Å². The van der Waals surface area contributed by atoms with Crippen LogP contribution in [0.1, 0.15) is 37.9 Å². The van der Waals surface area contributed by atoms with E-state index in [0.717, 1.165) is 25.1 Å². The van der Waals surface area contributed by atoms with Crippen LogP contribution in [-0.2, 0) is 9.63 Å². The van der Waals surface area contributed by atoms with E-state index in [0.29, 0.717) is 24.7 Å². The lowest BCUT2D eigenvalue weighted by Gasteiger charge is -2.22. The van der Waals surface area contributed by atoms with Crippen molar-refractivity contribution >= 4 is 11.6 Å². The highest BCUT2D eigenvalue weighted by molar-refractivity contribution is 6.39. The summed E-state index contributed by atoms with van der Waals surface area (Å²) in [4.78, 5) is 20.1. The van der Waals surface area contributed by atoms with Crippen LogP contribution >= 0.6 is 0 Å². The molecule has 1 aromatic carbocycles. The van der Waals surface area contributed by atoms with Gasteiger partial charge in [-0.1, -0.05) is 42.4 Å². The third kappa shape index (κ3) is 3.30. The van der Waals surface area contributed by atoms with Crippen molar-refractivity contribution in [2.45, 2.75) is 38.3 Å². The highest BCUT2D eigenvalue weighted by Gasteiger charge is 2.28. The number of likely N-dealkylation sites (tertiary alicyclic amines) is 1. The Bertz CT molecular complexity index is 544. The number of rotatable bonds is 5. The van der Waals surface area contributed by atoms with Crippen molar-refractivity contribution in [3.8, 4) is 0 Å². The average Bonchev–Trinajstić information content (AvgIpc) is 3.22. The van der Waals surface area contributed by atoms with Crippen LogP contribution < -0.4 is 5.32 Å². The molecule has 118 valence electrons. The maximum absolute atomic E-state index is 12.2. The zero-order valence-corrected chi connectivity index (χ0v) is 13.0. The SMILES string of the molecule is CCN1CCCC1CNC(=O)C1=NOC(c2ccccc2)C1. The predicted octanol–water partition coefficient (Wildman–Crippen LogP) is 2.10. The maximum atomic E-state index is 12.2. The molecule has 1 saturated heterocycles. The molecular formula is C17H23N3O2. The fraction of sp³-hybridized carbons (Fsp3) is 0.529. The van der Waals surface area contributed by atoms with Crippen LogP contribution in [0.4, 0.5) is 0 Å². The molecule has 2 heterocycles. The van der Waals surface area contributed by atoms with Gasteiger partial charge < -0.3 is 10.2 Å². The average molecular weight is 301 g/mol. The molecule has 2 aliphatic rings. The smallest absolute Gasteiger partial charge is 0.269 e.